The Balaban J connectivity index is 2.54. The number of hydrogen-bond acceptors (Lipinski definition) is 8. The normalized spacial score (nSPS) is 22.9. The van der Waals surface area contributed by atoms with E-state index in [1.807, 2.05) is 0 Å². The van der Waals surface area contributed by atoms with Gasteiger partial charge in [-0.2, -0.15) is 4.31 Å². The van der Waals surface area contributed by atoms with Crippen LogP contribution in [-0.4, -0.2) is 82.4 Å². The number of aliphatic hydroxyl groups excluding tert-OH is 2. The van der Waals surface area contributed by atoms with Crippen molar-refractivity contribution in [3.63, 3.8) is 0 Å². The molecule has 9 nitrogen and oxygen atoms in total. The van der Waals surface area contributed by atoms with Crippen molar-refractivity contribution in [2.24, 2.45) is 0 Å². The highest BCUT2D eigenvalue weighted by molar-refractivity contribution is 7.92. The number of rotatable bonds is 7. The predicted octanol–water partition coefficient (Wildman–Crippen LogP) is -1.16. The summed E-state index contributed by atoms with van der Waals surface area (Å²) in [4.78, 5) is -0.237. The maximum absolute atomic E-state index is 13.1. The Hall–Kier alpha value is -1.40. The van der Waals surface area contributed by atoms with Crippen molar-refractivity contribution in [3.8, 4) is 11.5 Å². The standard InChI is InChI=1S/C14H21NO8S2/c1-22-10-3-4-13(23-2)14(7-10)25(20,21)15(5-6-16)11-8-24(18,19)9-12(11)17/h3-4,7,11-12,16-17H,5-6,8-9H2,1-2H3/t11-,12+/m1/s1. The van der Waals surface area contributed by atoms with E-state index in [4.69, 9.17) is 9.47 Å². The van der Waals surface area contributed by atoms with Crippen LogP contribution in [0.2, 0.25) is 0 Å². The lowest BCUT2D eigenvalue weighted by Crippen LogP contribution is -2.47. The number of sulfonamides is 1. The van der Waals surface area contributed by atoms with Crippen LogP contribution in [0, 0.1) is 0 Å². The first kappa shape index (κ1) is 19.9. The molecule has 1 aromatic carbocycles. The molecule has 2 N–H and O–H groups in total. The summed E-state index contributed by atoms with van der Waals surface area (Å²) < 4.78 is 60.6. The fourth-order valence-corrected chi connectivity index (χ4v) is 6.47. The Morgan fingerprint density at radius 2 is 1.92 bits per heavy atom. The molecule has 1 heterocycles. The van der Waals surface area contributed by atoms with E-state index in [1.54, 1.807) is 0 Å². The smallest absolute Gasteiger partial charge is 0.247 e. The first-order valence-electron chi connectivity index (χ1n) is 7.39. The van der Waals surface area contributed by atoms with Gasteiger partial charge in [-0.1, -0.05) is 0 Å². The van der Waals surface area contributed by atoms with Gasteiger partial charge in [0, 0.05) is 12.6 Å². The molecule has 1 aliphatic rings. The summed E-state index contributed by atoms with van der Waals surface area (Å²) in [6, 6.07) is 2.99. The molecule has 0 unspecified atom stereocenters. The van der Waals surface area contributed by atoms with Crippen molar-refractivity contribution in [2.75, 3.05) is 38.9 Å². The van der Waals surface area contributed by atoms with E-state index >= 15 is 0 Å². The molecule has 1 aliphatic heterocycles. The Morgan fingerprint density at radius 3 is 2.40 bits per heavy atom. The molecule has 2 rings (SSSR count). The Labute approximate surface area is 146 Å². The molecule has 0 bridgehead atoms. The van der Waals surface area contributed by atoms with Crippen molar-refractivity contribution in [2.45, 2.75) is 17.0 Å². The summed E-state index contributed by atoms with van der Waals surface area (Å²) in [5.74, 6) is -0.730. The molecule has 1 saturated heterocycles. The number of hydrogen-bond donors (Lipinski definition) is 2. The monoisotopic (exact) mass is 395 g/mol. The van der Waals surface area contributed by atoms with Crippen molar-refractivity contribution >= 4 is 19.9 Å². The summed E-state index contributed by atoms with van der Waals surface area (Å²) in [5, 5.41) is 19.3. The maximum Gasteiger partial charge on any atom is 0.247 e. The molecule has 142 valence electrons. The van der Waals surface area contributed by atoms with Crippen molar-refractivity contribution < 1.29 is 36.5 Å². The van der Waals surface area contributed by atoms with Crippen LogP contribution in [-0.2, 0) is 19.9 Å². The van der Waals surface area contributed by atoms with Gasteiger partial charge < -0.3 is 19.7 Å². The third-order valence-corrected chi connectivity index (χ3v) is 7.59. The average Bonchev–Trinajstić information content (AvgIpc) is 2.84. The van der Waals surface area contributed by atoms with Gasteiger partial charge in [0.2, 0.25) is 10.0 Å². The highest BCUT2D eigenvalue weighted by Crippen LogP contribution is 2.33. The topological polar surface area (TPSA) is 130 Å². The molecule has 1 fully saturated rings. The van der Waals surface area contributed by atoms with Gasteiger partial charge in [-0.25, -0.2) is 16.8 Å². The second kappa shape index (κ2) is 7.46. The number of sulfone groups is 1. The molecule has 1 aromatic rings. The molecular formula is C14H21NO8S2. The third-order valence-electron chi connectivity index (χ3n) is 3.94. The van der Waals surface area contributed by atoms with Gasteiger partial charge in [0.1, 0.15) is 16.4 Å². The zero-order valence-electron chi connectivity index (χ0n) is 13.8. The second-order valence-electron chi connectivity index (χ2n) is 5.57. The van der Waals surface area contributed by atoms with Crippen LogP contribution in [0.25, 0.3) is 0 Å². The van der Waals surface area contributed by atoms with Crippen LogP contribution in [0.1, 0.15) is 0 Å². The molecule has 0 aliphatic carbocycles. The Morgan fingerprint density at radius 1 is 1.24 bits per heavy atom. The van der Waals surface area contributed by atoms with Crippen LogP contribution in [0.5, 0.6) is 11.5 Å². The highest BCUT2D eigenvalue weighted by Gasteiger charge is 2.45. The fourth-order valence-electron chi connectivity index (χ4n) is 2.76. The van der Waals surface area contributed by atoms with Crippen molar-refractivity contribution in [3.05, 3.63) is 18.2 Å². The predicted molar refractivity (Wildman–Crippen MR) is 89.0 cm³/mol. The molecule has 0 spiro atoms. The van der Waals surface area contributed by atoms with Crippen LogP contribution >= 0.6 is 0 Å². The molecule has 0 saturated carbocycles. The SMILES string of the molecule is COc1ccc(OC)c(S(=O)(=O)N(CCO)[C@@H]2CS(=O)(=O)C[C@@H]2O)c1. The molecular weight excluding hydrogens is 374 g/mol. The Kier molecular flexibility index (Phi) is 5.94. The van der Waals surface area contributed by atoms with Gasteiger partial charge in [0.25, 0.3) is 0 Å². The lowest BCUT2D eigenvalue weighted by atomic mass is 10.2. The first-order chi connectivity index (χ1) is 11.7. The van der Waals surface area contributed by atoms with E-state index in [0.29, 0.717) is 0 Å². The van der Waals surface area contributed by atoms with Crippen LogP contribution < -0.4 is 9.47 Å². The summed E-state index contributed by atoms with van der Waals surface area (Å²) in [6.07, 6.45) is -1.37. The van der Waals surface area contributed by atoms with E-state index in [9.17, 15) is 27.0 Å². The van der Waals surface area contributed by atoms with Crippen LogP contribution in [0.4, 0.5) is 0 Å². The van der Waals surface area contributed by atoms with Gasteiger partial charge in [0.05, 0.1) is 44.5 Å². The number of methoxy groups -OCH3 is 2. The van der Waals surface area contributed by atoms with E-state index < -0.39 is 50.1 Å². The van der Waals surface area contributed by atoms with E-state index in [0.717, 1.165) is 4.31 Å². The number of aliphatic hydroxyl groups is 2. The Bertz CT molecular complexity index is 821. The molecule has 25 heavy (non-hydrogen) atoms. The van der Waals surface area contributed by atoms with Gasteiger partial charge in [0.15, 0.2) is 9.84 Å². The summed E-state index contributed by atoms with van der Waals surface area (Å²) in [6.45, 7) is -0.894. The largest absolute Gasteiger partial charge is 0.497 e. The van der Waals surface area contributed by atoms with Gasteiger partial charge in [-0.3, -0.25) is 0 Å². The van der Waals surface area contributed by atoms with Crippen LogP contribution in [0.15, 0.2) is 23.1 Å². The number of nitrogens with zero attached hydrogens (tertiary/aromatic N) is 1. The lowest BCUT2D eigenvalue weighted by molar-refractivity contribution is 0.117. The maximum atomic E-state index is 13.1. The van der Waals surface area contributed by atoms with Gasteiger partial charge in [-0.05, 0) is 12.1 Å². The number of benzene rings is 1. The molecule has 0 aromatic heterocycles. The van der Waals surface area contributed by atoms with E-state index in [2.05, 4.69) is 0 Å². The zero-order valence-corrected chi connectivity index (χ0v) is 15.5. The fraction of sp³-hybridized carbons (Fsp3) is 0.571. The minimum atomic E-state index is -4.26. The molecule has 0 amide bonds. The average molecular weight is 395 g/mol. The third kappa shape index (κ3) is 4.06. The van der Waals surface area contributed by atoms with Gasteiger partial charge in [-0.15, -0.1) is 0 Å². The summed E-state index contributed by atoms with van der Waals surface area (Å²) >= 11 is 0. The summed E-state index contributed by atoms with van der Waals surface area (Å²) in [5.41, 5.74) is 0. The molecule has 2 atom stereocenters. The van der Waals surface area contributed by atoms with E-state index in [1.165, 1.54) is 32.4 Å². The zero-order chi connectivity index (χ0) is 18.8. The lowest BCUT2D eigenvalue weighted by Gasteiger charge is -2.29. The van der Waals surface area contributed by atoms with Crippen molar-refractivity contribution in [1.82, 2.24) is 4.31 Å². The van der Waals surface area contributed by atoms with Gasteiger partial charge >= 0.3 is 0 Å². The second-order valence-corrected chi connectivity index (χ2v) is 9.58. The first-order valence-corrected chi connectivity index (χ1v) is 10.7. The quantitative estimate of drug-likeness (QED) is 0.591. The highest BCUT2D eigenvalue weighted by atomic mass is 32.2. The molecule has 0 radical (unpaired) electrons. The van der Waals surface area contributed by atoms with Crippen molar-refractivity contribution in [1.29, 1.82) is 0 Å². The molecule has 11 heteroatoms. The minimum absolute atomic E-state index is 0.0408. The van der Waals surface area contributed by atoms with E-state index in [-0.39, 0.29) is 22.9 Å². The summed E-state index contributed by atoms with van der Waals surface area (Å²) in [7, 11) is -5.16. The minimum Gasteiger partial charge on any atom is -0.497 e. The number of ether oxygens (including phenoxy) is 2. The van der Waals surface area contributed by atoms with Crippen LogP contribution in [0.3, 0.4) is 0 Å².